The van der Waals surface area contributed by atoms with Crippen molar-refractivity contribution in [3.8, 4) is 0 Å². The summed E-state index contributed by atoms with van der Waals surface area (Å²) in [5, 5.41) is 6.07. The van der Waals surface area contributed by atoms with Crippen LogP contribution in [0, 0.1) is 5.92 Å². The molecule has 0 saturated heterocycles. The van der Waals surface area contributed by atoms with Gasteiger partial charge >= 0.3 is 0 Å². The number of halogens is 2. The van der Waals surface area contributed by atoms with Crippen molar-refractivity contribution in [3.05, 3.63) is 22.9 Å². The maximum atomic E-state index is 11.5. The molecule has 2 N–H and O–H groups in total. The maximum absolute atomic E-state index is 11.5. The minimum Gasteiger partial charge on any atom is -0.381 e. The Hall–Kier alpha value is -1.40. The number of alkyl halides is 1. The van der Waals surface area contributed by atoms with Crippen molar-refractivity contribution in [1.29, 1.82) is 0 Å². The van der Waals surface area contributed by atoms with Crippen LogP contribution in [0.3, 0.4) is 0 Å². The second-order valence-electron chi connectivity index (χ2n) is 5.02. The third-order valence-electron chi connectivity index (χ3n) is 2.76. The topological polar surface area (TPSA) is 66.9 Å². The number of nitrogens with one attached hydrogen (secondary N) is 2. The zero-order chi connectivity index (χ0) is 15.4. The number of carbonyl (C=O) groups is 1. The molecular weight excluding hydrogens is 356 g/mol. The molecule has 5 nitrogen and oxygen atoms in total. The molecule has 21 heavy (non-hydrogen) atoms. The standard InChI is InChI=1S/C14H16BrClN4O/c1-8(2)5-18-14-11(20-12(21)4-16)7-17-10-3-9(15)6-19-13(10)14/h3,6-8H,4-5H2,1-2H3,(H,17,18)(H,20,21). The van der Waals surface area contributed by atoms with Crippen molar-refractivity contribution in [2.75, 3.05) is 23.1 Å². The number of hydrogen-bond acceptors (Lipinski definition) is 4. The van der Waals surface area contributed by atoms with Crippen LogP contribution < -0.4 is 10.6 Å². The van der Waals surface area contributed by atoms with Crippen LogP contribution in [0.4, 0.5) is 11.4 Å². The molecule has 0 aliphatic carbocycles. The van der Waals surface area contributed by atoms with Gasteiger partial charge in [0.25, 0.3) is 0 Å². The molecule has 0 radical (unpaired) electrons. The third kappa shape index (κ3) is 4.04. The highest BCUT2D eigenvalue weighted by atomic mass is 79.9. The average molecular weight is 372 g/mol. The first-order chi connectivity index (χ1) is 10.0. The van der Waals surface area contributed by atoms with E-state index >= 15 is 0 Å². The Kier molecular flexibility index (Phi) is 5.36. The van der Waals surface area contributed by atoms with Crippen LogP contribution >= 0.6 is 27.5 Å². The molecule has 112 valence electrons. The normalized spacial score (nSPS) is 10.9. The molecule has 0 atom stereocenters. The largest absolute Gasteiger partial charge is 0.381 e. The minimum absolute atomic E-state index is 0.102. The van der Waals surface area contributed by atoms with Crippen LogP contribution in [-0.4, -0.2) is 28.3 Å². The van der Waals surface area contributed by atoms with Gasteiger partial charge in [-0.25, -0.2) is 0 Å². The van der Waals surface area contributed by atoms with Crippen LogP contribution in [0.1, 0.15) is 13.8 Å². The highest BCUT2D eigenvalue weighted by Crippen LogP contribution is 2.30. The molecule has 2 heterocycles. The van der Waals surface area contributed by atoms with Gasteiger partial charge in [0.15, 0.2) is 0 Å². The van der Waals surface area contributed by atoms with Crippen molar-refractivity contribution in [1.82, 2.24) is 9.97 Å². The van der Waals surface area contributed by atoms with Crippen molar-refractivity contribution >= 4 is 55.8 Å². The van der Waals surface area contributed by atoms with Crippen molar-refractivity contribution in [2.45, 2.75) is 13.8 Å². The zero-order valence-corrected chi connectivity index (χ0v) is 14.1. The number of hydrogen-bond donors (Lipinski definition) is 2. The van der Waals surface area contributed by atoms with E-state index in [1.54, 1.807) is 12.4 Å². The molecule has 0 saturated carbocycles. The van der Waals surface area contributed by atoms with E-state index in [0.29, 0.717) is 17.1 Å². The number of fused-ring (bicyclic) bond motifs is 1. The molecule has 0 aliphatic rings. The number of anilines is 2. The summed E-state index contributed by atoms with van der Waals surface area (Å²) in [7, 11) is 0. The summed E-state index contributed by atoms with van der Waals surface area (Å²) in [5.41, 5.74) is 2.81. The van der Waals surface area contributed by atoms with Gasteiger partial charge in [-0.3, -0.25) is 14.8 Å². The quantitative estimate of drug-likeness (QED) is 0.788. The second kappa shape index (κ2) is 7.04. The van der Waals surface area contributed by atoms with Gasteiger partial charge in [-0.05, 0) is 27.9 Å². The smallest absolute Gasteiger partial charge is 0.239 e. The summed E-state index contributed by atoms with van der Waals surface area (Å²) in [6, 6.07) is 1.88. The third-order valence-corrected chi connectivity index (χ3v) is 3.43. The Morgan fingerprint density at radius 1 is 1.38 bits per heavy atom. The summed E-state index contributed by atoms with van der Waals surface area (Å²) in [5.74, 6) is 0.0814. The van der Waals surface area contributed by atoms with E-state index in [1.807, 2.05) is 6.07 Å². The molecule has 0 spiro atoms. The summed E-state index contributed by atoms with van der Waals surface area (Å²) in [6.07, 6.45) is 3.32. The minimum atomic E-state index is -0.275. The van der Waals surface area contributed by atoms with E-state index in [9.17, 15) is 4.79 Å². The first-order valence-electron chi connectivity index (χ1n) is 6.55. The summed E-state index contributed by atoms with van der Waals surface area (Å²) >= 11 is 8.93. The fourth-order valence-electron chi connectivity index (χ4n) is 1.81. The average Bonchev–Trinajstić information content (AvgIpc) is 2.45. The molecule has 2 aromatic rings. The van der Waals surface area contributed by atoms with Crippen LogP contribution in [-0.2, 0) is 4.79 Å². The summed E-state index contributed by atoms with van der Waals surface area (Å²) in [6.45, 7) is 4.98. The van der Waals surface area contributed by atoms with Gasteiger partial charge in [0, 0.05) is 17.2 Å². The van der Waals surface area contributed by atoms with Crippen molar-refractivity contribution in [2.24, 2.45) is 5.92 Å². The monoisotopic (exact) mass is 370 g/mol. The van der Waals surface area contributed by atoms with E-state index in [4.69, 9.17) is 11.6 Å². The number of aromatic nitrogens is 2. The maximum Gasteiger partial charge on any atom is 0.239 e. The first-order valence-corrected chi connectivity index (χ1v) is 7.88. The molecule has 2 aromatic heterocycles. The highest BCUT2D eigenvalue weighted by molar-refractivity contribution is 9.10. The Bertz CT molecular complexity index is 663. The number of rotatable bonds is 5. The van der Waals surface area contributed by atoms with E-state index in [-0.39, 0.29) is 11.8 Å². The lowest BCUT2D eigenvalue weighted by Crippen LogP contribution is -2.16. The molecule has 0 aliphatic heterocycles. The van der Waals surface area contributed by atoms with Gasteiger partial charge in [-0.1, -0.05) is 13.8 Å². The van der Waals surface area contributed by atoms with Gasteiger partial charge in [-0.15, -0.1) is 11.6 Å². The zero-order valence-electron chi connectivity index (χ0n) is 11.8. The lowest BCUT2D eigenvalue weighted by atomic mass is 10.2. The molecule has 2 rings (SSSR count). The molecule has 0 aromatic carbocycles. The fourth-order valence-corrected chi connectivity index (χ4v) is 2.20. The lowest BCUT2D eigenvalue weighted by molar-refractivity contribution is -0.113. The summed E-state index contributed by atoms with van der Waals surface area (Å²) in [4.78, 5) is 20.3. The number of amides is 1. The number of nitrogens with zero attached hydrogens (tertiary/aromatic N) is 2. The Morgan fingerprint density at radius 2 is 2.14 bits per heavy atom. The van der Waals surface area contributed by atoms with Gasteiger partial charge in [-0.2, -0.15) is 0 Å². The number of carbonyl (C=O) groups excluding carboxylic acids is 1. The molecular formula is C14H16BrClN4O. The van der Waals surface area contributed by atoms with E-state index in [0.717, 1.165) is 22.2 Å². The Labute approximate surface area is 136 Å². The molecule has 7 heteroatoms. The Balaban J connectivity index is 2.48. The highest BCUT2D eigenvalue weighted by Gasteiger charge is 2.13. The number of pyridine rings is 2. The molecule has 0 unspecified atom stereocenters. The van der Waals surface area contributed by atoms with Gasteiger partial charge in [0.05, 0.1) is 23.1 Å². The van der Waals surface area contributed by atoms with E-state index in [2.05, 4.69) is 50.4 Å². The van der Waals surface area contributed by atoms with Crippen LogP contribution in [0.2, 0.25) is 0 Å². The molecule has 1 amide bonds. The van der Waals surface area contributed by atoms with Gasteiger partial charge < -0.3 is 10.6 Å². The van der Waals surface area contributed by atoms with Gasteiger partial charge in [0.2, 0.25) is 5.91 Å². The van der Waals surface area contributed by atoms with Gasteiger partial charge in [0.1, 0.15) is 11.4 Å². The second-order valence-corrected chi connectivity index (χ2v) is 6.21. The van der Waals surface area contributed by atoms with Crippen molar-refractivity contribution < 1.29 is 4.79 Å². The SMILES string of the molecule is CC(C)CNc1c(NC(=O)CCl)cnc2cc(Br)cnc12. The van der Waals surface area contributed by atoms with Crippen LogP contribution in [0.5, 0.6) is 0 Å². The first kappa shape index (κ1) is 16.0. The Morgan fingerprint density at radius 3 is 2.81 bits per heavy atom. The van der Waals surface area contributed by atoms with E-state index in [1.165, 1.54) is 0 Å². The fraction of sp³-hybridized carbons (Fsp3) is 0.357. The molecule has 0 fully saturated rings. The van der Waals surface area contributed by atoms with Crippen LogP contribution in [0.15, 0.2) is 22.9 Å². The molecule has 0 bridgehead atoms. The van der Waals surface area contributed by atoms with E-state index < -0.39 is 0 Å². The van der Waals surface area contributed by atoms with Crippen molar-refractivity contribution in [3.63, 3.8) is 0 Å². The summed E-state index contributed by atoms with van der Waals surface area (Å²) < 4.78 is 0.856. The predicted octanol–water partition coefficient (Wildman–Crippen LogP) is 3.64. The predicted molar refractivity (Wildman–Crippen MR) is 89.9 cm³/mol. The lowest BCUT2D eigenvalue weighted by Gasteiger charge is -2.15. The van der Waals surface area contributed by atoms with Crippen LogP contribution in [0.25, 0.3) is 11.0 Å².